The van der Waals surface area contributed by atoms with E-state index >= 15 is 0 Å². The summed E-state index contributed by atoms with van der Waals surface area (Å²) in [5, 5.41) is 0. The lowest BCUT2D eigenvalue weighted by molar-refractivity contribution is 0.324. The minimum absolute atomic E-state index is 0.0260. The van der Waals surface area contributed by atoms with Gasteiger partial charge in [0.15, 0.2) is 23.1 Å². The Balaban J connectivity index is 2.41. The predicted octanol–water partition coefficient (Wildman–Crippen LogP) is 3.61. The average Bonchev–Trinajstić information content (AvgIpc) is 2.61. The first-order valence-electron chi connectivity index (χ1n) is 7.15. The molecule has 0 saturated heterocycles. The van der Waals surface area contributed by atoms with Gasteiger partial charge >= 0.3 is 0 Å². The van der Waals surface area contributed by atoms with E-state index in [4.69, 9.17) is 24.7 Å². The number of anilines is 1. The normalized spacial score (nSPS) is 10.7. The number of benzene rings is 2. The lowest BCUT2D eigenvalue weighted by Gasteiger charge is -2.13. The summed E-state index contributed by atoms with van der Waals surface area (Å²) in [4.78, 5) is 0. The molecule has 0 aliphatic rings. The molecular weight excluding hydrogens is 313 g/mol. The molecule has 0 unspecified atom stereocenters. The van der Waals surface area contributed by atoms with Crippen LogP contribution in [-0.4, -0.2) is 28.4 Å². The summed E-state index contributed by atoms with van der Waals surface area (Å²) in [5.74, 6) is 1.10. The van der Waals surface area contributed by atoms with Crippen molar-refractivity contribution >= 4 is 17.8 Å². The van der Waals surface area contributed by atoms with Crippen LogP contribution in [0.3, 0.4) is 0 Å². The molecule has 0 bridgehead atoms. The number of ether oxygens (including phenoxy) is 4. The Kier molecular flexibility index (Phi) is 5.52. The fraction of sp³-hybridized carbons (Fsp3) is 0.222. The minimum Gasteiger partial charge on any atom is -0.494 e. The van der Waals surface area contributed by atoms with Gasteiger partial charge in [-0.15, -0.1) is 0 Å². The second kappa shape index (κ2) is 7.59. The van der Waals surface area contributed by atoms with Gasteiger partial charge in [-0.25, -0.2) is 4.39 Å². The van der Waals surface area contributed by atoms with Gasteiger partial charge in [0.2, 0.25) is 5.75 Å². The Hall–Kier alpha value is -2.89. The van der Waals surface area contributed by atoms with Crippen LogP contribution in [0, 0.1) is 5.82 Å². The lowest BCUT2D eigenvalue weighted by Crippen LogP contribution is -1.97. The topological polar surface area (TPSA) is 62.9 Å². The van der Waals surface area contributed by atoms with Gasteiger partial charge in [0.25, 0.3) is 0 Å². The highest BCUT2D eigenvalue weighted by Gasteiger charge is 2.13. The Morgan fingerprint density at radius 3 is 1.92 bits per heavy atom. The number of rotatable bonds is 6. The van der Waals surface area contributed by atoms with E-state index in [0.29, 0.717) is 22.8 Å². The highest BCUT2D eigenvalue weighted by molar-refractivity contribution is 5.78. The van der Waals surface area contributed by atoms with E-state index in [1.54, 1.807) is 44.6 Å². The van der Waals surface area contributed by atoms with E-state index in [0.717, 1.165) is 5.56 Å². The standard InChI is InChI=1S/C18H20FNO4/c1-21-13-8-7-12(17(20)16(13)19)6-5-11-9-14(22-2)18(24-4)15(10-11)23-3/h5-10H,20H2,1-4H3/b6-5-. The molecule has 2 aromatic carbocycles. The molecule has 0 amide bonds. The van der Waals surface area contributed by atoms with Crippen LogP contribution in [0.15, 0.2) is 24.3 Å². The van der Waals surface area contributed by atoms with Crippen LogP contribution in [0.2, 0.25) is 0 Å². The quantitative estimate of drug-likeness (QED) is 0.646. The van der Waals surface area contributed by atoms with Crippen molar-refractivity contribution < 1.29 is 23.3 Å². The van der Waals surface area contributed by atoms with Crippen LogP contribution in [0.4, 0.5) is 10.1 Å². The number of nitrogen functional groups attached to an aromatic ring is 1. The van der Waals surface area contributed by atoms with Gasteiger partial charge < -0.3 is 24.7 Å². The van der Waals surface area contributed by atoms with E-state index in [9.17, 15) is 4.39 Å². The number of hydrogen-bond donors (Lipinski definition) is 1. The molecule has 0 atom stereocenters. The van der Waals surface area contributed by atoms with Crippen molar-refractivity contribution in [2.24, 2.45) is 0 Å². The SMILES string of the molecule is COc1ccc(/C=C\c2cc(OC)c(OC)c(OC)c2)c(N)c1F. The van der Waals surface area contributed by atoms with Crippen LogP contribution in [-0.2, 0) is 0 Å². The summed E-state index contributed by atoms with van der Waals surface area (Å²) in [7, 11) is 6.02. The molecule has 2 rings (SSSR count). The molecule has 0 fully saturated rings. The van der Waals surface area contributed by atoms with Gasteiger partial charge in [-0.05, 0) is 29.8 Å². The van der Waals surface area contributed by atoms with E-state index in [1.807, 2.05) is 0 Å². The van der Waals surface area contributed by atoms with Gasteiger partial charge in [-0.1, -0.05) is 12.2 Å². The molecule has 2 N–H and O–H groups in total. The molecule has 6 heteroatoms. The van der Waals surface area contributed by atoms with E-state index < -0.39 is 5.82 Å². The number of halogens is 1. The maximum Gasteiger partial charge on any atom is 0.203 e. The summed E-state index contributed by atoms with van der Waals surface area (Å²) < 4.78 is 34.8. The van der Waals surface area contributed by atoms with Crippen molar-refractivity contribution in [2.45, 2.75) is 0 Å². The molecule has 5 nitrogen and oxygen atoms in total. The van der Waals surface area contributed by atoms with E-state index in [2.05, 4.69) is 0 Å². The monoisotopic (exact) mass is 333 g/mol. The van der Waals surface area contributed by atoms with Crippen LogP contribution < -0.4 is 24.7 Å². The molecule has 0 aliphatic carbocycles. The van der Waals surface area contributed by atoms with E-state index in [1.165, 1.54) is 20.3 Å². The average molecular weight is 333 g/mol. The van der Waals surface area contributed by atoms with Crippen LogP contribution in [0.25, 0.3) is 12.2 Å². The third-order valence-corrected chi connectivity index (χ3v) is 3.54. The van der Waals surface area contributed by atoms with Gasteiger partial charge in [0.05, 0.1) is 34.1 Å². The van der Waals surface area contributed by atoms with Crippen LogP contribution in [0.1, 0.15) is 11.1 Å². The van der Waals surface area contributed by atoms with Gasteiger partial charge in [-0.3, -0.25) is 0 Å². The van der Waals surface area contributed by atoms with Gasteiger partial charge in [0.1, 0.15) is 0 Å². The molecule has 0 radical (unpaired) electrons. The zero-order chi connectivity index (χ0) is 17.7. The number of hydrogen-bond acceptors (Lipinski definition) is 5. The zero-order valence-corrected chi connectivity index (χ0v) is 14.1. The molecular formula is C18H20FNO4. The van der Waals surface area contributed by atoms with E-state index in [-0.39, 0.29) is 11.4 Å². The minimum atomic E-state index is -0.579. The highest BCUT2D eigenvalue weighted by atomic mass is 19.1. The molecule has 0 aromatic heterocycles. The maximum atomic E-state index is 14.0. The fourth-order valence-electron chi connectivity index (χ4n) is 2.27. The first kappa shape index (κ1) is 17.5. The van der Waals surface area contributed by atoms with Crippen molar-refractivity contribution in [3.8, 4) is 23.0 Å². The fourth-order valence-corrected chi connectivity index (χ4v) is 2.27. The first-order valence-corrected chi connectivity index (χ1v) is 7.15. The Morgan fingerprint density at radius 2 is 1.42 bits per heavy atom. The largest absolute Gasteiger partial charge is 0.494 e. The Labute approximate surface area is 140 Å². The van der Waals surface area contributed by atoms with Crippen molar-refractivity contribution in [1.82, 2.24) is 0 Å². The van der Waals surface area contributed by atoms with Crippen LogP contribution >= 0.6 is 0 Å². The summed E-state index contributed by atoms with van der Waals surface area (Å²) in [6, 6.07) is 6.79. The maximum absolute atomic E-state index is 14.0. The van der Waals surface area contributed by atoms with Gasteiger partial charge in [0, 0.05) is 5.56 Å². The van der Waals surface area contributed by atoms with Crippen LogP contribution in [0.5, 0.6) is 23.0 Å². The van der Waals surface area contributed by atoms with Gasteiger partial charge in [-0.2, -0.15) is 0 Å². The summed E-state index contributed by atoms with van der Waals surface area (Å²) in [6.45, 7) is 0. The third kappa shape index (κ3) is 3.37. The zero-order valence-electron chi connectivity index (χ0n) is 14.1. The van der Waals surface area contributed by atoms with Crippen molar-refractivity contribution in [1.29, 1.82) is 0 Å². The Morgan fingerprint density at radius 1 is 0.833 bits per heavy atom. The molecule has 24 heavy (non-hydrogen) atoms. The molecule has 0 saturated carbocycles. The number of methoxy groups -OCH3 is 4. The predicted molar refractivity (Wildman–Crippen MR) is 92.4 cm³/mol. The summed E-state index contributed by atoms with van der Waals surface area (Å²) in [6.07, 6.45) is 3.49. The molecule has 0 spiro atoms. The third-order valence-electron chi connectivity index (χ3n) is 3.54. The molecule has 2 aromatic rings. The lowest BCUT2D eigenvalue weighted by atomic mass is 10.1. The number of nitrogens with two attached hydrogens (primary N) is 1. The van der Waals surface area contributed by atoms with Crippen molar-refractivity contribution in [2.75, 3.05) is 34.2 Å². The second-order valence-corrected chi connectivity index (χ2v) is 4.88. The molecule has 0 heterocycles. The summed E-state index contributed by atoms with van der Waals surface area (Å²) in [5.41, 5.74) is 7.17. The van der Waals surface area contributed by atoms with Crippen molar-refractivity contribution in [3.05, 3.63) is 41.2 Å². The summed E-state index contributed by atoms with van der Waals surface area (Å²) >= 11 is 0. The van der Waals surface area contributed by atoms with Crippen molar-refractivity contribution in [3.63, 3.8) is 0 Å². The smallest absolute Gasteiger partial charge is 0.203 e. The first-order chi connectivity index (χ1) is 11.5. The Bertz CT molecular complexity index is 734. The second-order valence-electron chi connectivity index (χ2n) is 4.88. The highest BCUT2D eigenvalue weighted by Crippen LogP contribution is 2.38. The molecule has 0 aliphatic heterocycles. The molecule has 128 valence electrons.